The molecule has 0 saturated heterocycles. The molecule has 0 unspecified atom stereocenters. The summed E-state index contributed by atoms with van der Waals surface area (Å²) in [6.07, 6.45) is -6.84. The van der Waals surface area contributed by atoms with Gasteiger partial charge in [-0.05, 0) is 0 Å². The summed E-state index contributed by atoms with van der Waals surface area (Å²) in [5, 5.41) is 34.3. The Morgan fingerprint density at radius 1 is 0.810 bits per heavy atom. The predicted molar refractivity (Wildman–Crippen MR) is 62.2 cm³/mol. The van der Waals surface area contributed by atoms with Gasteiger partial charge < -0.3 is 36.1 Å². The third-order valence-electron chi connectivity index (χ3n) is 1.67. The topological polar surface area (TPSA) is 220 Å². The molecule has 0 aliphatic heterocycles. The van der Waals surface area contributed by atoms with E-state index in [1.54, 1.807) is 0 Å². The van der Waals surface area contributed by atoms with Crippen molar-refractivity contribution in [3.63, 3.8) is 0 Å². The van der Waals surface area contributed by atoms with Gasteiger partial charge in [-0.1, -0.05) is 0 Å². The van der Waals surface area contributed by atoms with Gasteiger partial charge in [0.1, 0.15) is 0 Å². The summed E-state index contributed by atoms with van der Waals surface area (Å²) in [4.78, 5) is 52.5. The molecule has 0 amide bonds. The summed E-state index contributed by atoms with van der Waals surface area (Å²) in [5.74, 6) is -5.33. The van der Waals surface area contributed by atoms with E-state index >= 15 is 0 Å². The van der Waals surface area contributed by atoms with Crippen molar-refractivity contribution in [3.05, 3.63) is 0 Å². The van der Waals surface area contributed by atoms with Gasteiger partial charge in [-0.15, -0.1) is 0 Å². The third-order valence-corrected chi connectivity index (χ3v) is 1.67. The number of carboxylic acids is 1. The fourth-order valence-corrected chi connectivity index (χ4v) is 0.958. The van der Waals surface area contributed by atoms with Crippen molar-refractivity contribution < 1.29 is 53.9 Å². The number of aliphatic hydroxyl groups is 1. The van der Waals surface area contributed by atoms with E-state index in [0.717, 1.165) is 0 Å². The first-order valence-corrected chi connectivity index (χ1v) is 4.40. The first-order chi connectivity index (χ1) is 8.56. The van der Waals surface area contributed by atoms with E-state index in [1.165, 1.54) is 0 Å². The van der Waals surface area contributed by atoms with Crippen LogP contribution in [0.25, 0.3) is 0 Å². The quantitative estimate of drug-likeness (QED) is 0.222. The van der Waals surface area contributed by atoms with Crippen molar-refractivity contribution in [2.24, 2.45) is 0 Å². The molecular formula is C8H12NNaO11. The van der Waals surface area contributed by atoms with E-state index < -0.39 is 48.7 Å². The van der Waals surface area contributed by atoms with Crippen LogP contribution in [0.4, 0.5) is 9.59 Å². The van der Waals surface area contributed by atoms with E-state index in [4.69, 9.17) is 15.3 Å². The van der Waals surface area contributed by atoms with Gasteiger partial charge in [-0.2, -0.15) is 0 Å². The minimum absolute atomic E-state index is 0. The molecule has 0 spiro atoms. The number of carboxylic acid groups (broad SMARTS) is 3. The van der Waals surface area contributed by atoms with Crippen LogP contribution < -0.4 is 6.15 Å². The Morgan fingerprint density at radius 2 is 1.10 bits per heavy atom. The second kappa shape index (κ2) is 10.1. The zero-order valence-corrected chi connectivity index (χ0v) is 9.77. The van der Waals surface area contributed by atoms with Gasteiger partial charge in [0, 0.05) is 0 Å². The van der Waals surface area contributed by atoms with Crippen molar-refractivity contribution in [2.75, 3.05) is 0 Å². The molecule has 0 radical (unpaired) electrons. The number of esters is 2. The number of hydrogen-bond acceptors (Lipinski definition) is 9. The van der Waals surface area contributed by atoms with Gasteiger partial charge >= 0.3 is 59.8 Å². The predicted octanol–water partition coefficient (Wildman–Crippen LogP) is -1.46. The fraction of sp³-hybridized carbons (Fsp3) is 0.375. The van der Waals surface area contributed by atoms with E-state index in [1.807, 2.05) is 0 Å². The van der Waals surface area contributed by atoms with Crippen molar-refractivity contribution in [2.45, 2.75) is 18.4 Å². The van der Waals surface area contributed by atoms with Crippen LogP contribution in [0.2, 0.25) is 0 Å². The molecule has 0 aromatic rings. The van der Waals surface area contributed by atoms with Gasteiger partial charge in [-0.3, -0.25) is 9.59 Å². The van der Waals surface area contributed by atoms with Crippen LogP contribution in [-0.2, 0) is 23.9 Å². The van der Waals surface area contributed by atoms with E-state index in [9.17, 15) is 29.1 Å². The Balaban J connectivity index is -0.00000162. The zero-order valence-electron chi connectivity index (χ0n) is 9.77. The second-order valence-electron chi connectivity index (χ2n) is 3.17. The molecule has 0 saturated carbocycles. The molecule has 0 aliphatic rings. The van der Waals surface area contributed by atoms with Crippen LogP contribution in [-0.4, -0.2) is 85.8 Å². The minimum atomic E-state index is -3.04. The second-order valence-corrected chi connectivity index (χ2v) is 3.17. The molecule has 116 valence electrons. The molecule has 0 aromatic heterocycles. The molecule has 12 nitrogen and oxygen atoms in total. The molecular weight excluding hydrogens is 309 g/mol. The van der Waals surface area contributed by atoms with Gasteiger partial charge in [0.15, 0.2) is 5.60 Å². The van der Waals surface area contributed by atoms with Crippen molar-refractivity contribution in [1.82, 2.24) is 6.15 Å². The van der Waals surface area contributed by atoms with E-state index in [0.29, 0.717) is 0 Å². The first kappa shape index (κ1) is 24.3. The third kappa shape index (κ3) is 9.75. The number of hydrogen-bond donors (Lipinski definition) is 5. The molecule has 0 heterocycles. The fourth-order valence-electron chi connectivity index (χ4n) is 0.958. The number of ether oxygens (including phenoxy) is 2. The summed E-state index contributed by atoms with van der Waals surface area (Å²) >= 11 is 0. The maximum absolute atomic E-state index is 10.9. The number of aliphatic carboxylic acids is 1. The maximum atomic E-state index is 10.9. The molecule has 0 atom stereocenters. The monoisotopic (exact) mass is 321 g/mol. The molecule has 0 aromatic carbocycles. The summed E-state index contributed by atoms with van der Waals surface area (Å²) in [7, 11) is 0. The van der Waals surface area contributed by atoms with E-state index in [2.05, 4.69) is 9.47 Å². The Hall–Kier alpha value is -1.73. The molecule has 21 heavy (non-hydrogen) atoms. The average molecular weight is 321 g/mol. The van der Waals surface area contributed by atoms with Crippen LogP contribution in [0.1, 0.15) is 12.8 Å². The number of carbonyl (C=O) groups excluding carboxylic acids is 2. The Morgan fingerprint density at radius 3 is 1.29 bits per heavy atom. The SMILES string of the molecule is N.O=C(O)OC(=O)CC(O)(CC(=O)OC(=O)O)C(=O)O.[NaH]. The molecule has 0 fully saturated rings. The van der Waals surface area contributed by atoms with Crippen LogP contribution in [0, 0.1) is 0 Å². The summed E-state index contributed by atoms with van der Waals surface area (Å²) < 4.78 is 7.09. The van der Waals surface area contributed by atoms with Crippen LogP contribution >= 0.6 is 0 Å². The van der Waals surface area contributed by atoms with Gasteiger partial charge in [0.05, 0.1) is 12.8 Å². The van der Waals surface area contributed by atoms with Gasteiger partial charge in [0.2, 0.25) is 0 Å². The number of carbonyl (C=O) groups is 5. The molecule has 0 rings (SSSR count). The Kier molecular flexibility index (Phi) is 11.6. The van der Waals surface area contributed by atoms with Crippen LogP contribution in [0.3, 0.4) is 0 Å². The average Bonchev–Trinajstić information content (AvgIpc) is 2.12. The first-order valence-electron chi connectivity index (χ1n) is 4.40. The summed E-state index contributed by atoms with van der Waals surface area (Å²) in [6.45, 7) is 0. The zero-order chi connectivity index (χ0) is 15.2. The van der Waals surface area contributed by atoms with Crippen molar-refractivity contribution in [3.8, 4) is 0 Å². The molecule has 0 aliphatic carbocycles. The van der Waals surface area contributed by atoms with Crippen LogP contribution in [0.5, 0.6) is 0 Å². The van der Waals surface area contributed by atoms with Crippen molar-refractivity contribution in [1.29, 1.82) is 0 Å². The van der Waals surface area contributed by atoms with Gasteiger partial charge in [-0.25, -0.2) is 14.4 Å². The Labute approximate surface area is 138 Å². The van der Waals surface area contributed by atoms with Crippen LogP contribution in [0.15, 0.2) is 0 Å². The molecule has 7 N–H and O–H groups in total. The molecule has 0 bridgehead atoms. The normalized spacial score (nSPS) is 9.38. The number of rotatable bonds is 5. The molecule has 13 heteroatoms. The summed E-state index contributed by atoms with van der Waals surface area (Å²) in [6, 6.07) is 0. The summed E-state index contributed by atoms with van der Waals surface area (Å²) in [5.41, 5.74) is -3.04. The standard InChI is InChI=1S/C8H8O11.H3N.Na.H/c9-3(18-6(13)14)1-8(17,5(11)12)2-4(10)19-7(15)16;;;/h17H,1-2H2,(H,11,12)(H,13,14)(H,15,16);1H3;;. The van der Waals surface area contributed by atoms with Crippen molar-refractivity contribution >= 4 is 59.8 Å². The van der Waals surface area contributed by atoms with E-state index in [-0.39, 0.29) is 35.7 Å². The van der Waals surface area contributed by atoms with Gasteiger partial charge in [0.25, 0.3) is 0 Å². The Bertz CT molecular complexity index is 404.